The van der Waals surface area contributed by atoms with Crippen molar-refractivity contribution in [3.63, 3.8) is 0 Å². The number of halogens is 3. The molecule has 20 heavy (non-hydrogen) atoms. The zero-order valence-electron chi connectivity index (χ0n) is 11.1. The number of rotatable bonds is 6. The summed E-state index contributed by atoms with van der Waals surface area (Å²) in [5.74, 6) is 0.508. The zero-order chi connectivity index (χ0) is 13.7. The van der Waals surface area contributed by atoms with E-state index in [-0.39, 0.29) is 19.0 Å². The Balaban J connectivity index is 0.00000200. The highest BCUT2D eigenvalue weighted by atomic mass is 35.5. The maximum absolute atomic E-state index is 9.87. The molecule has 2 N–H and O–H groups in total. The van der Waals surface area contributed by atoms with Crippen LogP contribution in [0.5, 0.6) is 5.75 Å². The third kappa shape index (κ3) is 5.30. The van der Waals surface area contributed by atoms with Crippen molar-refractivity contribution >= 4 is 35.6 Å². The van der Waals surface area contributed by atoms with E-state index in [1.54, 1.807) is 18.2 Å². The van der Waals surface area contributed by atoms with Crippen LogP contribution in [0.2, 0.25) is 10.0 Å². The number of hydrogen-bond donors (Lipinski definition) is 2. The minimum atomic E-state index is -0.546. The van der Waals surface area contributed by atoms with Crippen LogP contribution in [0.25, 0.3) is 0 Å². The van der Waals surface area contributed by atoms with Crippen LogP contribution in [-0.4, -0.2) is 30.4 Å². The van der Waals surface area contributed by atoms with Gasteiger partial charge < -0.3 is 15.2 Å². The van der Waals surface area contributed by atoms with Gasteiger partial charge in [-0.2, -0.15) is 0 Å². The van der Waals surface area contributed by atoms with E-state index >= 15 is 0 Å². The Morgan fingerprint density at radius 2 is 2.00 bits per heavy atom. The summed E-state index contributed by atoms with van der Waals surface area (Å²) in [5, 5.41) is 14.1. The summed E-state index contributed by atoms with van der Waals surface area (Å²) in [4.78, 5) is 0. The van der Waals surface area contributed by atoms with Gasteiger partial charge in [0.25, 0.3) is 0 Å². The van der Waals surface area contributed by atoms with Crippen LogP contribution in [0, 0.1) is 0 Å². The van der Waals surface area contributed by atoms with Crippen molar-refractivity contribution in [3.05, 3.63) is 28.2 Å². The van der Waals surface area contributed by atoms with E-state index < -0.39 is 6.10 Å². The van der Waals surface area contributed by atoms with E-state index in [0.29, 0.717) is 28.4 Å². The van der Waals surface area contributed by atoms with Gasteiger partial charge in [-0.1, -0.05) is 42.1 Å². The lowest BCUT2D eigenvalue weighted by molar-refractivity contribution is 0.104. The fourth-order valence-corrected chi connectivity index (χ4v) is 2.62. The largest absolute Gasteiger partial charge is 0.489 e. The van der Waals surface area contributed by atoms with Gasteiger partial charge in [0.2, 0.25) is 0 Å². The molecular formula is C14H20Cl3NO2. The van der Waals surface area contributed by atoms with Crippen molar-refractivity contribution in [1.29, 1.82) is 0 Å². The van der Waals surface area contributed by atoms with E-state index in [4.69, 9.17) is 27.9 Å². The average molecular weight is 341 g/mol. The first-order valence-electron chi connectivity index (χ1n) is 6.65. The van der Waals surface area contributed by atoms with Crippen molar-refractivity contribution in [2.24, 2.45) is 0 Å². The number of aliphatic hydroxyl groups is 1. The Morgan fingerprint density at radius 3 is 2.70 bits per heavy atom. The predicted octanol–water partition coefficient (Wildman–Crippen LogP) is 3.69. The minimum Gasteiger partial charge on any atom is -0.489 e. The summed E-state index contributed by atoms with van der Waals surface area (Å²) in [6.45, 7) is 0.753. The summed E-state index contributed by atoms with van der Waals surface area (Å²) >= 11 is 11.9. The third-order valence-electron chi connectivity index (χ3n) is 3.34. The van der Waals surface area contributed by atoms with Crippen LogP contribution in [0.15, 0.2) is 18.2 Å². The number of hydrogen-bond acceptors (Lipinski definition) is 3. The number of ether oxygens (including phenoxy) is 1. The second kappa shape index (κ2) is 8.96. The van der Waals surface area contributed by atoms with Crippen molar-refractivity contribution in [1.82, 2.24) is 5.32 Å². The molecule has 6 heteroatoms. The maximum atomic E-state index is 9.87. The first-order chi connectivity index (χ1) is 9.16. The quantitative estimate of drug-likeness (QED) is 0.830. The van der Waals surface area contributed by atoms with Gasteiger partial charge in [-0.05, 0) is 25.0 Å². The van der Waals surface area contributed by atoms with Crippen molar-refractivity contribution in [2.75, 3.05) is 13.2 Å². The Morgan fingerprint density at radius 1 is 1.30 bits per heavy atom. The summed E-state index contributed by atoms with van der Waals surface area (Å²) < 4.78 is 5.49. The van der Waals surface area contributed by atoms with Crippen LogP contribution in [0.1, 0.15) is 25.7 Å². The Labute approximate surface area is 136 Å². The van der Waals surface area contributed by atoms with Gasteiger partial charge in [-0.15, -0.1) is 12.4 Å². The molecule has 1 saturated carbocycles. The molecule has 1 aliphatic rings. The van der Waals surface area contributed by atoms with E-state index in [9.17, 15) is 5.11 Å². The second-order valence-corrected chi connectivity index (χ2v) is 5.69. The molecule has 1 unspecified atom stereocenters. The van der Waals surface area contributed by atoms with E-state index in [1.807, 2.05) is 0 Å². The molecule has 0 bridgehead atoms. The summed E-state index contributed by atoms with van der Waals surface area (Å²) in [5.41, 5.74) is 0. The Bertz CT molecular complexity index is 411. The average Bonchev–Trinajstić information content (AvgIpc) is 2.91. The number of nitrogens with one attached hydrogen (secondary N) is 1. The predicted molar refractivity (Wildman–Crippen MR) is 85.5 cm³/mol. The molecule has 1 aromatic carbocycles. The van der Waals surface area contributed by atoms with Gasteiger partial charge >= 0.3 is 0 Å². The first kappa shape index (κ1) is 17.9. The number of benzene rings is 1. The molecule has 1 aliphatic carbocycles. The lowest BCUT2D eigenvalue weighted by Gasteiger charge is -2.17. The standard InChI is InChI=1S/C14H19Cl2NO2.ClH/c15-12-6-3-7-13(14(12)16)19-9-11(18)8-17-10-4-1-2-5-10;/h3,6-7,10-11,17-18H,1-2,4-5,8-9H2;1H. The van der Waals surface area contributed by atoms with Gasteiger partial charge in [0.05, 0.1) is 5.02 Å². The molecule has 2 rings (SSSR count). The Kier molecular flexibility index (Phi) is 8.00. The van der Waals surface area contributed by atoms with E-state index in [0.717, 1.165) is 0 Å². The summed E-state index contributed by atoms with van der Waals surface area (Å²) in [7, 11) is 0. The minimum absolute atomic E-state index is 0. The van der Waals surface area contributed by atoms with Gasteiger partial charge in [0.15, 0.2) is 0 Å². The fraction of sp³-hybridized carbons (Fsp3) is 0.571. The molecule has 0 aliphatic heterocycles. The van der Waals surface area contributed by atoms with Gasteiger partial charge in [-0.25, -0.2) is 0 Å². The highest BCUT2D eigenvalue weighted by Crippen LogP contribution is 2.31. The van der Waals surface area contributed by atoms with E-state index in [2.05, 4.69) is 5.32 Å². The Hall–Kier alpha value is -0.190. The first-order valence-corrected chi connectivity index (χ1v) is 7.40. The molecule has 1 aromatic rings. The monoisotopic (exact) mass is 339 g/mol. The molecular weight excluding hydrogens is 321 g/mol. The molecule has 0 aromatic heterocycles. The SMILES string of the molecule is Cl.OC(CNC1CCCC1)COc1cccc(Cl)c1Cl. The number of aliphatic hydroxyl groups excluding tert-OH is 1. The molecule has 1 atom stereocenters. The molecule has 3 nitrogen and oxygen atoms in total. The maximum Gasteiger partial charge on any atom is 0.139 e. The second-order valence-electron chi connectivity index (χ2n) is 4.91. The molecule has 0 radical (unpaired) electrons. The molecule has 0 amide bonds. The van der Waals surface area contributed by atoms with Gasteiger partial charge in [0, 0.05) is 12.6 Å². The third-order valence-corrected chi connectivity index (χ3v) is 4.15. The fourth-order valence-electron chi connectivity index (χ4n) is 2.27. The molecule has 1 fully saturated rings. The zero-order valence-corrected chi connectivity index (χ0v) is 13.5. The summed E-state index contributed by atoms with van der Waals surface area (Å²) in [6.07, 6.45) is 4.42. The van der Waals surface area contributed by atoms with E-state index in [1.165, 1.54) is 25.7 Å². The van der Waals surface area contributed by atoms with Crippen LogP contribution >= 0.6 is 35.6 Å². The smallest absolute Gasteiger partial charge is 0.139 e. The van der Waals surface area contributed by atoms with Crippen molar-refractivity contribution < 1.29 is 9.84 Å². The van der Waals surface area contributed by atoms with Crippen molar-refractivity contribution in [3.8, 4) is 5.75 Å². The lowest BCUT2D eigenvalue weighted by Crippen LogP contribution is -2.36. The topological polar surface area (TPSA) is 41.5 Å². The lowest BCUT2D eigenvalue weighted by atomic mass is 10.2. The van der Waals surface area contributed by atoms with Crippen molar-refractivity contribution in [2.45, 2.75) is 37.8 Å². The molecule has 0 saturated heterocycles. The molecule has 0 heterocycles. The van der Waals surface area contributed by atoms with Crippen LogP contribution in [-0.2, 0) is 0 Å². The normalized spacial score (nSPS) is 16.8. The highest BCUT2D eigenvalue weighted by molar-refractivity contribution is 6.42. The molecule has 114 valence electrons. The summed E-state index contributed by atoms with van der Waals surface area (Å²) in [6, 6.07) is 5.76. The van der Waals surface area contributed by atoms with Crippen LogP contribution < -0.4 is 10.1 Å². The van der Waals surface area contributed by atoms with Gasteiger partial charge in [-0.3, -0.25) is 0 Å². The van der Waals surface area contributed by atoms with Gasteiger partial charge in [0.1, 0.15) is 23.5 Å². The van der Waals surface area contributed by atoms with Crippen LogP contribution in [0.4, 0.5) is 0 Å². The van der Waals surface area contributed by atoms with Crippen LogP contribution in [0.3, 0.4) is 0 Å². The molecule has 0 spiro atoms. The highest BCUT2D eigenvalue weighted by Gasteiger charge is 2.16.